The molecule has 0 fully saturated rings. The van der Waals surface area contributed by atoms with E-state index in [0.717, 1.165) is 4.88 Å². The monoisotopic (exact) mass is 238 g/mol. The first-order valence-electron chi connectivity index (χ1n) is 6.07. The van der Waals surface area contributed by atoms with Gasteiger partial charge in [0.15, 0.2) is 0 Å². The van der Waals surface area contributed by atoms with Crippen LogP contribution in [0.3, 0.4) is 0 Å². The SMILES string of the molecule is CC(O)c1cc2c(s1)C(C)(C)CCC2(C)C. The van der Waals surface area contributed by atoms with Gasteiger partial charge in [-0.1, -0.05) is 27.7 Å². The molecule has 1 aromatic heterocycles. The first-order valence-corrected chi connectivity index (χ1v) is 6.88. The Hall–Kier alpha value is -0.340. The molecule has 1 N–H and O–H groups in total. The number of hydrogen-bond acceptors (Lipinski definition) is 2. The van der Waals surface area contributed by atoms with Gasteiger partial charge in [0.1, 0.15) is 0 Å². The van der Waals surface area contributed by atoms with Crippen LogP contribution in [-0.2, 0) is 10.8 Å². The molecule has 0 saturated heterocycles. The molecule has 0 spiro atoms. The van der Waals surface area contributed by atoms with Gasteiger partial charge in [-0.25, -0.2) is 0 Å². The van der Waals surface area contributed by atoms with Crippen LogP contribution >= 0.6 is 11.3 Å². The minimum Gasteiger partial charge on any atom is -0.388 e. The van der Waals surface area contributed by atoms with Crippen LogP contribution in [0.25, 0.3) is 0 Å². The average molecular weight is 238 g/mol. The summed E-state index contributed by atoms with van der Waals surface area (Å²) in [5, 5.41) is 9.72. The second kappa shape index (κ2) is 3.58. The van der Waals surface area contributed by atoms with E-state index in [0.29, 0.717) is 0 Å². The van der Waals surface area contributed by atoms with Crippen LogP contribution in [0, 0.1) is 0 Å². The third-order valence-electron chi connectivity index (χ3n) is 3.88. The van der Waals surface area contributed by atoms with E-state index in [2.05, 4.69) is 33.8 Å². The molecule has 0 aromatic carbocycles. The summed E-state index contributed by atoms with van der Waals surface area (Å²) in [5.74, 6) is 0. The zero-order chi connectivity index (χ0) is 12.1. The van der Waals surface area contributed by atoms with E-state index in [4.69, 9.17) is 0 Å². The highest BCUT2D eigenvalue weighted by atomic mass is 32.1. The molecule has 1 unspecified atom stereocenters. The Morgan fingerprint density at radius 3 is 2.25 bits per heavy atom. The lowest BCUT2D eigenvalue weighted by Crippen LogP contribution is -2.31. The molecule has 0 bridgehead atoms. The average Bonchev–Trinajstić information content (AvgIpc) is 2.59. The van der Waals surface area contributed by atoms with Gasteiger partial charge in [-0.05, 0) is 42.2 Å². The van der Waals surface area contributed by atoms with Crippen LogP contribution < -0.4 is 0 Å². The second-order valence-electron chi connectivity index (χ2n) is 6.34. The molecule has 0 saturated carbocycles. The van der Waals surface area contributed by atoms with Crippen LogP contribution in [0.15, 0.2) is 6.07 Å². The zero-order valence-corrected chi connectivity index (χ0v) is 11.7. The van der Waals surface area contributed by atoms with Crippen molar-refractivity contribution in [3.63, 3.8) is 0 Å². The summed E-state index contributed by atoms with van der Waals surface area (Å²) >= 11 is 1.80. The number of rotatable bonds is 1. The quantitative estimate of drug-likeness (QED) is 0.779. The summed E-state index contributed by atoms with van der Waals surface area (Å²) < 4.78 is 0. The zero-order valence-electron chi connectivity index (χ0n) is 10.9. The Bertz CT molecular complexity index is 365. The lowest BCUT2D eigenvalue weighted by molar-refractivity contribution is 0.203. The van der Waals surface area contributed by atoms with Crippen molar-refractivity contribution in [2.24, 2.45) is 0 Å². The molecule has 2 rings (SSSR count). The predicted octanol–water partition coefficient (Wildman–Crippen LogP) is 4.15. The Balaban J connectivity index is 2.57. The Kier molecular flexibility index (Phi) is 2.71. The molecule has 1 atom stereocenters. The van der Waals surface area contributed by atoms with E-state index < -0.39 is 0 Å². The first kappa shape index (κ1) is 12.1. The van der Waals surface area contributed by atoms with E-state index in [1.165, 1.54) is 23.3 Å². The summed E-state index contributed by atoms with van der Waals surface area (Å²) in [4.78, 5) is 2.60. The Morgan fingerprint density at radius 2 is 1.75 bits per heavy atom. The number of fused-ring (bicyclic) bond motifs is 1. The van der Waals surface area contributed by atoms with Gasteiger partial charge >= 0.3 is 0 Å². The minimum atomic E-state index is -0.331. The van der Waals surface area contributed by atoms with E-state index in [9.17, 15) is 5.11 Å². The molecular weight excluding hydrogens is 216 g/mol. The maximum absolute atomic E-state index is 9.72. The van der Waals surface area contributed by atoms with Crippen molar-refractivity contribution in [3.05, 3.63) is 21.4 Å². The van der Waals surface area contributed by atoms with Crippen LogP contribution in [-0.4, -0.2) is 5.11 Å². The number of aliphatic hydroxyl groups excluding tert-OH is 1. The van der Waals surface area contributed by atoms with E-state index in [1.807, 2.05) is 6.92 Å². The van der Waals surface area contributed by atoms with Crippen LogP contribution in [0.5, 0.6) is 0 Å². The third kappa shape index (κ3) is 1.82. The van der Waals surface area contributed by atoms with Crippen molar-refractivity contribution < 1.29 is 5.11 Å². The van der Waals surface area contributed by atoms with Gasteiger partial charge < -0.3 is 5.11 Å². The Labute approximate surface area is 103 Å². The second-order valence-corrected chi connectivity index (χ2v) is 7.42. The van der Waals surface area contributed by atoms with Gasteiger partial charge in [0.2, 0.25) is 0 Å². The summed E-state index contributed by atoms with van der Waals surface area (Å²) in [5.41, 5.74) is 2.02. The fourth-order valence-electron chi connectivity index (χ4n) is 2.49. The highest BCUT2D eigenvalue weighted by Gasteiger charge is 2.39. The standard InChI is InChI=1S/C14H22OS/c1-9(15)11-8-10-12(16-11)14(4,5)7-6-13(10,2)3/h8-9,15H,6-7H2,1-5H3. The predicted molar refractivity (Wildman–Crippen MR) is 70.2 cm³/mol. The number of thiophene rings is 1. The summed E-state index contributed by atoms with van der Waals surface area (Å²) in [6.45, 7) is 11.1. The van der Waals surface area contributed by atoms with Crippen LogP contribution in [0.1, 0.15) is 68.9 Å². The first-order chi connectivity index (χ1) is 7.24. The van der Waals surface area contributed by atoms with E-state index in [-0.39, 0.29) is 16.9 Å². The number of hydrogen-bond donors (Lipinski definition) is 1. The summed E-state index contributed by atoms with van der Waals surface area (Å²) in [6, 6.07) is 2.23. The van der Waals surface area contributed by atoms with Crippen molar-refractivity contribution in [2.45, 2.75) is 64.4 Å². The molecule has 0 radical (unpaired) electrons. The molecule has 1 aromatic rings. The smallest absolute Gasteiger partial charge is 0.0854 e. The van der Waals surface area contributed by atoms with Crippen LogP contribution in [0.4, 0.5) is 0 Å². The van der Waals surface area contributed by atoms with Gasteiger partial charge in [0.25, 0.3) is 0 Å². The van der Waals surface area contributed by atoms with Crippen molar-refractivity contribution >= 4 is 11.3 Å². The molecule has 16 heavy (non-hydrogen) atoms. The van der Waals surface area contributed by atoms with Crippen molar-refractivity contribution in [3.8, 4) is 0 Å². The fraction of sp³-hybridized carbons (Fsp3) is 0.714. The molecule has 0 aliphatic heterocycles. The normalized spacial score (nSPS) is 23.9. The van der Waals surface area contributed by atoms with Gasteiger partial charge in [0, 0.05) is 9.75 Å². The van der Waals surface area contributed by atoms with E-state index >= 15 is 0 Å². The van der Waals surface area contributed by atoms with Crippen molar-refractivity contribution in [1.82, 2.24) is 0 Å². The summed E-state index contributed by atoms with van der Waals surface area (Å²) in [6.07, 6.45) is 2.15. The van der Waals surface area contributed by atoms with Gasteiger partial charge in [-0.3, -0.25) is 0 Å². The molecule has 1 nitrogen and oxygen atoms in total. The van der Waals surface area contributed by atoms with Crippen molar-refractivity contribution in [2.75, 3.05) is 0 Å². The molecular formula is C14H22OS. The van der Waals surface area contributed by atoms with Crippen molar-refractivity contribution in [1.29, 1.82) is 0 Å². The molecule has 0 amide bonds. The van der Waals surface area contributed by atoms with Gasteiger partial charge in [-0.15, -0.1) is 11.3 Å². The molecule has 1 aliphatic carbocycles. The number of aliphatic hydroxyl groups is 1. The maximum Gasteiger partial charge on any atom is 0.0854 e. The Morgan fingerprint density at radius 1 is 1.19 bits per heavy atom. The largest absolute Gasteiger partial charge is 0.388 e. The highest BCUT2D eigenvalue weighted by molar-refractivity contribution is 7.12. The molecule has 2 heteroatoms. The van der Waals surface area contributed by atoms with Gasteiger partial charge in [0.05, 0.1) is 6.10 Å². The van der Waals surface area contributed by atoms with Crippen LogP contribution in [0.2, 0.25) is 0 Å². The van der Waals surface area contributed by atoms with Gasteiger partial charge in [-0.2, -0.15) is 0 Å². The topological polar surface area (TPSA) is 20.2 Å². The molecule has 1 heterocycles. The summed E-state index contributed by atoms with van der Waals surface area (Å²) in [7, 11) is 0. The minimum absolute atomic E-state index is 0.272. The fourth-order valence-corrected chi connectivity index (χ4v) is 3.90. The maximum atomic E-state index is 9.72. The lowest BCUT2D eigenvalue weighted by Gasteiger charge is -2.39. The third-order valence-corrected chi connectivity index (χ3v) is 5.55. The lowest BCUT2D eigenvalue weighted by atomic mass is 9.67. The van der Waals surface area contributed by atoms with E-state index in [1.54, 1.807) is 11.3 Å². The highest BCUT2D eigenvalue weighted by Crippen LogP contribution is 2.50. The molecule has 1 aliphatic rings. The molecule has 90 valence electrons.